The molecular formula is C23H27N3O2. The van der Waals surface area contributed by atoms with Gasteiger partial charge in [-0.15, -0.1) is 0 Å². The molecule has 4 rings (SSSR count). The zero-order valence-electron chi connectivity index (χ0n) is 16.2. The van der Waals surface area contributed by atoms with Crippen LogP contribution in [0.15, 0.2) is 54.6 Å². The normalized spacial score (nSPS) is 20.5. The first kappa shape index (κ1) is 18.7. The molecule has 2 aromatic rings. The van der Waals surface area contributed by atoms with E-state index in [1.165, 1.54) is 5.56 Å². The summed E-state index contributed by atoms with van der Waals surface area (Å²) in [4.78, 5) is 27.4. The first-order valence-electron chi connectivity index (χ1n) is 10.1. The standard InChI is InChI=1S/C23H27N3O2/c1-16(19-14-24-15-19)22(27)25-20-11-9-18(10-12-20)23(28)26-13-5-8-21(26)17-6-3-2-4-7-17/h2-4,6-7,9-12,16,19,21,24H,5,8,13-15H2,1H3,(H,25,27). The molecule has 28 heavy (non-hydrogen) atoms. The lowest BCUT2D eigenvalue weighted by molar-refractivity contribution is -0.121. The Hall–Kier alpha value is -2.66. The van der Waals surface area contributed by atoms with Crippen molar-refractivity contribution < 1.29 is 9.59 Å². The van der Waals surface area contributed by atoms with E-state index in [2.05, 4.69) is 22.8 Å². The number of benzene rings is 2. The van der Waals surface area contributed by atoms with Crippen LogP contribution in [0.25, 0.3) is 0 Å². The number of likely N-dealkylation sites (tertiary alicyclic amines) is 1. The van der Waals surface area contributed by atoms with Crippen LogP contribution >= 0.6 is 0 Å². The minimum atomic E-state index is -0.0150. The van der Waals surface area contributed by atoms with E-state index >= 15 is 0 Å². The number of anilines is 1. The van der Waals surface area contributed by atoms with E-state index in [0.717, 1.165) is 38.2 Å². The summed E-state index contributed by atoms with van der Waals surface area (Å²) in [7, 11) is 0. The zero-order valence-corrected chi connectivity index (χ0v) is 16.2. The quantitative estimate of drug-likeness (QED) is 0.839. The molecule has 2 aliphatic heterocycles. The fraction of sp³-hybridized carbons (Fsp3) is 0.391. The molecule has 0 aliphatic carbocycles. The van der Waals surface area contributed by atoms with Gasteiger partial charge >= 0.3 is 0 Å². The van der Waals surface area contributed by atoms with Crippen LogP contribution in [-0.4, -0.2) is 36.3 Å². The summed E-state index contributed by atoms with van der Waals surface area (Å²) in [6.45, 7) is 4.56. The Kier molecular flexibility index (Phi) is 5.44. The fourth-order valence-corrected chi connectivity index (χ4v) is 4.03. The topological polar surface area (TPSA) is 61.4 Å². The second-order valence-corrected chi connectivity index (χ2v) is 7.84. The number of carbonyl (C=O) groups excluding carboxylic acids is 2. The van der Waals surface area contributed by atoms with E-state index in [4.69, 9.17) is 0 Å². The highest BCUT2D eigenvalue weighted by molar-refractivity contribution is 5.96. The van der Waals surface area contributed by atoms with Crippen molar-refractivity contribution in [3.8, 4) is 0 Å². The molecule has 2 fully saturated rings. The third-order valence-corrected chi connectivity index (χ3v) is 6.03. The third kappa shape index (κ3) is 3.80. The van der Waals surface area contributed by atoms with Crippen LogP contribution in [0.3, 0.4) is 0 Å². The summed E-state index contributed by atoms with van der Waals surface area (Å²) >= 11 is 0. The van der Waals surface area contributed by atoms with E-state index in [9.17, 15) is 9.59 Å². The number of nitrogens with zero attached hydrogens (tertiary/aromatic N) is 1. The summed E-state index contributed by atoms with van der Waals surface area (Å²) in [6.07, 6.45) is 2.02. The smallest absolute Gasteiger partial charge is 0.254 e. The Labute approximate surface area is 166 Å². The van der Waals surface area contributed by atoms with Crippen LogP contribution < -0.4 is 10.6 Å². The average molecular weight is 377 g/mol. The van der Waals surface area contributed by atoms with Gasteiger partial charge in [-0.05, 0) is 61.7 Å². The highest BCUT2D eigenvalue weighted by Crippen LogP contribution is 2.33. The first-order valence-corrected chi connectivity index (χ1v) is 10.1. The molecule has 5 nitrogen and oxygen atoms in total. The summed E-state index contributed by atoms with van der Waals surface area (Å²) in [6, 6.07) is 17.6. The number of amides is 2. The SMILES string of the molecule is CC(C(=O)Nc1ccc(C(=O)N2CCCC2c2ccccc2)cc1)C1CNC1. The molecule has 0 aromatic heterocycles. The Morgan fingerprint density at radius 2 is 1.79 bits per heavy atom. The van der Waals surface area contributed by atoms with Gasteiger partial charge < -0.3 is 15.5 Å². The number of hydrogen-bond acceptors (Lipinski definition) is 3. The van der Waals surface area contributed by atoms with Crippen molar-refractivity contribution in [2.75, 3.05) is 25.0 Å². The van der Waals surface area contributed by atoms with Crippen molar-refractivity contribution >= 4 is 17.5 Å². The Balaban J connectivity index is 1.41. The number of nitrogens with one attached hydrogen (secondary N) is 2. The summed E-state index contributed by atoms with van der Waals surface area (Å²) in [5, 5.41) is 6.17. The fourth-order valence-electron chi connectivity index (χ4n) is 4.03. The Morgan fingerprint density at radius 1 is 1.07 bits per heavy atom. The number of hydrogen-bond donors (Lipinski definition) is 2. The minimum Gasteiger partial charge on any atom is -0.332 e. The van der Waals surface area contributed by atoms with Crippen LogP contribution in [0, 0.1) is 11.8 Å². The third-order valence-electron chi connectivity index (χ3n) is 6.03. The predicted octanol–water partition coefficient (Wildman–Crippen LogP) is 3.46. The highest BCUT2D eigenvalue weighted by atomic mass is 16.2. The second-order valence-electron chi connectivity index (χ2n) is 7.84. The molecule has 0 radical (unpaired) electrons. The molecule has 2 unspecified atom stereocenters. The van der Waals surface area contributed by atoms with Gasteiger partial charge in [-0.2, -0.15) is 0 Å². The second kappa shape index (κ2) is 8.15. The summed E-state index contributed by atoms with van der Waals surface area (Å²) in [5.74, 6) is 0.483. The van der Waals surface area contributed by atoms with E-state index < -0.39 is 0 Å². The average Bonchev–Trinajstić information content (AvgIpc) is 3.17. The van der Waals surface area contributed by atoms with Gasteiger partial charge in [0, 0.05) is 23.7 Å². The molecule has 2 aliphatic rings. The van der Waals surface area contributed by atoms with Crippen molar-refractivity contribution in [3.05, 3.63) is 65.7 Å². The van der Waals surface area contributed by atoms with Crippen molar-refractivity contribution in [3.63, 3.8) is 0 Å². The lowest BCUT2D eigenvalue weighted by Crippen LogP contribution is -2.48. The maximum atomic E-state index is 13.0. The van der Waals surface area contributed by atoms with Gasteiger partial charge in [0.2, 0.25) is 5.91 Å². The van der Waals surface area contributed by atoms with E-state index in [1.54, 1.807) is 0 Å². The van der Waals surface area contributed by atoms with Crippen molar-refractivity contribution in [1.82, 2.24) is 10.2 Å². The first-order chi connectivity index (χ1) is 13.6. The zero-order chi connectivity index (χ0) is 19.5. The largest absolute Gasteiger partial charge is 0.332 e. The summed E-state index contributed by atoms with van der Waals surface area (Å²) < 4.78 is 0. The minimum absolute atomic E-state index is 0.0150. The molecule has 146 valence electrons. The molecule has 0 bridgehead atoms. The van der Waals surface area contributed by atoms with E-state index in [-0.39, 0.29) is 23.8 Å². The Morgan fingerprint density at radius 3 is 2.43 bits per heavy atom. The lowest BCUT2D eigenvalue weighted by Gasteiger charge is -2.31. The van der Waals surface area contributed by atoms with Crippen LogP contribution in [0.5, 0.6) is 0 Å². The molecule has 2 heterocycles. The van der Waals surface area contributed by atoms with Crippen molar-refractivity contribution in [2.45, 2.75) is 25.8 Å². The molecule has 2 amide bonds. The predicted molar refractivity (Wildman–Crippen MR) is 110 cm³/mol. The van der Waals surface area contributed by atoms with Crippen LogP contribution in [0.2, 0.25) is 0 Å². The molecule has 2 atom stereocenters. The van der Waals surface area contributed by atoms with Crippen molar-refractivity contribution in [1.29, 1.82) is 0 Å². The molecule has 0 spiro atoms. The Bertz CT molecular complexity index is 831. The van der Waals surface area contributed by atoms with E-state index in [0.29, 0.717) is 11.5 Å². The molecule has 2 saturated heterocycles. The number of rotatable bonds is 5. The molecule has 2 aromatic carbocycles. The molecular weight excluding hydrogens is 350 g/mol. The lowest BCUT2D eigenvalue weighted by atomic mass is 9.88. The maximum Gasteiger partial charge on any atom is 0.254 e. The van der Waals surface area contributed by atoms with Gasteiger partial charge in [0.1, 0.15) is 0 Å². The number of carbonyl (C=O) groups is 2. The highest BCUT2D eigenvalue weighted by Gasteiger charge is 2.31. The van der Waals surface area contributed by atoms with Gasteiger partial charge in [-0.1, -0.05) is 37.3 Å². The maximum absolute atomic E-state index is 13.0. The molecule has 5 heteroatoms. The van der Waals surface area contributed by atoms with Crippen LogP contribution in [-0.2, 0) is 4.79 Å². The van der Waals surface area contributed by atoms with Gasteiger partial charge in [0.15, 0.2) is 0 Å². The van der Waals surface area contributed by atoms with Gasteiger partial charge in [-0.25, -0.2) is 0 Å². The van der Waals surface area contributed by atoms with Gasteiger partial charge in [-0.3, -0.25) is 9.59 Å². The molecule has 2 N–H and O–H groups in total. The van der Waals surface area contributed by atoms with E-state index in [1.807, 2.05) is 54.3 Å². The van der Waals surface area contributed by atoms with Gasteiger partial charge in [0.25, 0.3) is 5.91 Å². The summed E-state index contributed by atoms with van der Waals surface area (Å²) in [5.41, 5.74) is 2.59. The van der Waals surface area contributed by atoms with Crippen LogP contribution in [0.1, 0.15) is 41.7 Å². The monoisotopic (exact) mass is 377 g/mol. The van der Waals surface area contributed by atoms with Gasteiger partial charge in [0.05, 0.1) is 6.04 Å². The van der Waals surface area contributed by atoms with Crippen LogP contribution in [0.4, 0.5) is 5.69 Å². The molecule has 0 saturated carbocycles. The van der Waals surface area contributed by atoms with Crippen molar-refractivity contribution in [2.24, 2.45) is 11.8 Å².